The highest BCUT2D eigenvalue weighted by molar-refractivity contribution is 6.60. The van der Waals surface area contributed by atoms with Gasteiger partial charge >= 0.3 is 7.12 Å². The first kappa shape index (κ1) is 23.6. The first-order chi connectivity index (χ1) is 15.8. The van der Waals surface area contributed by atoms with Crippen LogP contribution in [0.25, 0.3) is 27.7 Å². The van der Waals surface area contributed by atoms with Crippen LogP contribution in [0.15, 0.2) is 48.9 Å². The number of hydrogen-bond donors (Lipinski definition) is 4. The molecule has 2 aromatic heterocycles. The number of anilines is 1. The summed E-state index contributed by atoms with van der Waals surface area (Å²) in [5.74, 6) is 0.169. The van der Waals surface area contributed by atoms with Crippen LogP contribution < -0.4 is 15.9 Å². The second kappa shape index (κ2) is 10.0. The molecule has 4 aromatic rings. The number of ether oxygens (including phenoxy) is 1. The van der Waals surface area contributed by atoms with Gasteiger partial charge in [0.1, 0.15) is 5.75 Å². The zero-order valence-electron chi connectivity index (χ0n) is 17.1. The largest absolute Gasteiger partial charge is 0.497 e. The molecule has 0 aliphatic heterocycles. The average molecular weight is 457 g/mol. The molecule has 0 aliphatic carbocycles. The monoisotopic (exact) mass is 457 g/mol. The zero-order chi connectivity index (χ0) is 24.1. The number of rotatable bonds is 5. The smallest absolute Gasteiger partial charge is 0.492 e. The summed E-state index contributed by atoms with van der Waals surface area (Å²) >= 11 is 0. The van der Waals surface area contributed by atoms with Gasteiger partial charge in [0.15, 0.2) is 0 Å². The molecule has 170 valence electrons. The highest BCUT2D eigenvalue weighted by Crippen LogP contribution is 2.32. The molecule has 0 spiro atoms. The summed E-state index contributed by atoms with van der Waals surface area (Å²) in [6, 6.07) is 8.24. The molecule has 13 heteroatoms. The Kier molecular flexibility index (Phi) is 7.15. The van der Waals surface area contributed by atoms with Gasteiger partial charge in [0.25, 0.3) is 12.9 Å². The molecule has 2 aromatic carbocycles. The Hall–Kier alpha value is -4.10. The summed E-state index contributed by atoms with van der Waals surface area (Å²) < 4.78 is 32.7. The maximum atomic E-state index is 13.1. The van der Waals surface area contributed by atoms with Crippen molar-refractivity contribution in [1.82, 2.24) is 20.0 Å². The third kappa shape index (κ3) is 4.89. The number of carboxylic acid groups (broad SMARTS) is 1. The highest BCUT2D eigenvalue weighted by atomic mass is 19.3. The van der Waals surface area contributed by atoms with Gasteiger partial charge in [0, 0.05) is 28.7 Å². The van der Waals surface area contributed by atoms with E-state index in [-0.39, 0.29) is 23.2 Å². The van der Waals surface area contributed by atoms with Gasteiger partial charge in [-0.05, 0) is 23.8 Å². The maximum absolute atomic E-state index is 13.1. The van der Waals surface area contributed by atoms with E-state index in [2.05, 4.69) is 15.3 Å². The van der Waals surface area contributed by atoms with Gasteiger partial charge < -0.3 is 25.6 Å². The van der Waals surface area contributed by atoms with Gasteiger partial charge in [-0.3, -0.25) is 4.79 Å². The van der Waals surface area contributed by atoms with E-state index in [9.17, 15) is 18.8 Å². The Morgan fingerprint density at radius 3 is 2.55 bits per heavy atom. The van der Waals surface area contributed by atoms with Crippen LogP contribution in [0, 0.1) is 0 Å². The SMILES string of the molecule is COc1cc(-n2cc(C(F)F)cn2)c(-c2ccc3c(N)cnnc3c2)cc1B(O)O.O=CO. The normalized spacial score (nSPS) is 10.6. The van der Waals surface area contributed by atoms with E-state index in [1.165, 1.54) is 36.3 Å². The number of hydrogen-bond acceptors (Lipinski definition) is 8. The predicted octanol–water partition coefficient (Wildman–Crippen LogP) is 1.39. The minimum atomic E-state index is -2.68. The summed E-state index contributed by atoms with van der Waals surface area (Å²) in [7, 11) is -0.440. The van der Waals surface area contributed by atoms with E-state index < -0.39 is 13.5 Å². The topological polar surface area (TPSA) is 157 Å². The fourth-order valence-electron chi connectivity index (χ4n) is 3.22. The molecule has 5 N–H and O–H groups in total. The van der Waals surface area contributed by atoms with E-state index in [1.807, 2.05) is 0 Å². The van der Waals surface area contributed by atoms with Crippen LogP contribution in [-0.4, -0.2) is 55.8 Å². The third-order valence-corrected chi connectivity index (χ3v) is 4.71. The van der Waals surface area contributed by atoms with Gasteiger partial charge in [0.05, 0.1) is 42.0 Å². The van der Waals surface area contributed by atoms with Crippen LogP contribution in [0.1, 0.15) is 12.0 Å². The van der Waals surface area contributed by atoms with Crippen molar-refractivity contribution in [3.05, 3.63) is 54.5 Å². The second-order valence-electron chi connectivity index (χ2n) is 6.64. The second-order valence-corrected chi connectivity index (χ2v) is 6.64. The van der Waals surface area contributed by atoms with E-state index in [0.717, 1.165) is 6.20 Å². The standard InChI is InChI=1S/C19H16BF2N5O3.CH2O2/c1-30-18-6-17(27-9-11(7-25-27)19(21)22)13(5-14(18)20(28)29)10-2-3-12-15(23)8-24-26-16(12)4-10;2-1-3/h2-9,19,28-29H,1H3,(H2,23,26);1H,(H,2,3). The van der Waals surface area contributed by atoms with Crippen LogP contribution in [-0.2, 0) is 4.79 Å². The Morgan fingerprint density at radius 2 is 1.94 bits per heavy atom. The van der Waals surface area contributed by atoms with E-state index in [4.69, 9.17) is 20.4 Å². The first-order valence-corrected chi connectivity index (χ1v) is 9.31. The number of aromatic nitrogens is 4. The number of nitrogens with two attached hydrogens (primary N) is 1. The van der Waals surface area contributed by atoms with Gasteiger partial charge in [-0.1, -0.05) is 6.07 Å². The van der Waals surface area contributed by atoms with Crippen LogP contribution >= 0.6 is 0 Å². The first-order valence-electron chi connectivity index (χ1n) is 9.31. The molecule has 0 amide bonds. The van der Waals surface area contributed by atoms with Crippen molar-refractivity contribution < 1.29 is 33.5 Å². The number of halogens is 2. The van der Waals surface area contributed by atoms with Crippen molar-refractivity contribution in [3.63, 3.8) is 0 Å². The Labute approximate surface area is 186 Å². The van der Waals surface area contributed by atoms with E-state index in [0.29, 0.717) is 33.4 Å². The fourth-order valence-corrected chi connectivity index (χ4v) is 3.22. The number of nitrogen functional groups attached to an aromatic ring is 1. The number of fused-ring (bicyclic) bond motifs is 1. The summed E-state index contributed by atoms with van der Waals surface area (Å²) in [5.41, 5.74) is 8.29. The molecule has 0 unspecified atom stereocenters. The molecule has 0 aliphatic rings. The van der Waals surface area contributed by atoms with Crippen molar-refractivity contribution in [1.29, 1.82) is 0 Å². The summed E-state index contributed by atoms with van der Waals surface area (Å²) in [6.07, 6.45) is 1.04. The molecule has 2 heterocycles. The predicted molar refractivity (Wildman–Crippen MR) is 117 cm³/mol. The molecule has 0 bridgehead atoms. The minimum absolute atomic E-state index is 0.108. The highest BCUT2D eigenvalue weighted by Gasteiger charge is 2.22. The Balaban J connectivity index is 0.000000968. The lowest BCUT2D eigenvalue weighted by atomic mass is 9.77. The molecule has 0 saturated carbocycles. The number of nitrogens with zero attached hydrogens (tertiary/aromatic N) is 4. The maximum Gasteiger partial charge on any atom is 0.492 e. The third-order valence-electron chi connectivity index (χ3n) is 4.71. The lowest BCUT2D eigenvalue weighted by molar-refractivity contribution is -0.122. The van der Waals surface area contributed by atoms with Crippen molar-refractivity contribution in [2.24, 2.45) is 0 Å². The lowest BCUT2D eigenvalue weighted by Crippen LogP contribution is -2.31. The van der Waals surface area contributed by atoms with Gasteiger partial charge in [-0.15, -0.1) is 0 Å². The van der Waals surface area contributed by atoms with Crippen molar-refractivity contribution in [2.75, 3.05) is 12.8 Å². The van der Waals surface area contributed by atoms with E-state index in [1.54, 1.807) is 18.2 Å². The van der Waals surface area contributed by atoms with Gasteiger partial charge in [0.2, 0.25) is 0 Å². The molecule has 4 rings (SSSR count). The Morgan fingerprint density at radius 1 is 1.21 bits per heavy atom. The molecular formula is C20H18BF2N5O5. The van der Waals surface area contributed by atoms with Gasteiger partial charge in [-0.25, -0.2) is 13.5 Å². The van der Waals surface area contributed by atoms with Crippen LogP contribution in [0.3, 0.4) is 0 Å². The molecule has 0 radical (unpaired) electrons. The zero-order valence-corrected chi connectivity index (χ0v) is 17.1. The minimum Gasteiger partial charge on any atom is -0.497 e. The van der Waals surface area contributed by atoms with Crippen LogP contribution in [0.2, 0.25) is 0 Å². The van der Waals surface area contributed by atoms with Crippen molar-refractivity contribution in [2.45, 2.75) is 6.43 Å². The summed E-state index contributed by atoms with van der Waals surface area (Å²) in [5, 5.41) is 39.1. The van der Waals surface area contributed by atoms with Crippen LogP contribution in [0.5, 0.6) is 5.75 Å². The van der Waals surface area contributed by atoms with E-state index >= 15 is 0 Å². The molecule has 10 nitrogen and oxygen atoms in total. The Bertz CT molecular complexity index is 1290. The van der Waals surface area contributed by atoms with Crippen LogP contribution in [0.4, 0.5) is 14.5 Å². The molecule has 0 saturated heterocycles. The average Bonchev–Trinajstić information content (AvgIpc) is 3.29. The number of benzene rings is 2. The number of carbonyl (C=O) groups is 1. The van der Waals surface area contributed by atoms with Crippen molar-refractivity contribution >= 4 is 35.6 Å². The number of methoxy groups -OCH3 is 1. The molecule has 33 heavy (non-hydrogen) atoms. The summed E-state index contributed by atoms with van der Waals surface area (Å²) in [6.45, 7) is -0.250. The van der Waals surface area contributed by atoms with Crippen molar-refractivity contribution in [3.8, 4) is 22.6 Å². The fraction of sp³-hybridized carbons (Fsp3) is 0.100. The molecule has 0 atom stereocenters. The van der Waals surface area contributed by atoms with Gasteiger partial charge in [-0.2, -0.15) is 15.3 Å². The lowest BCUT2D eigenvalue weighted by Gasteiger charge is -2.16. The number of alkyl halides is 2. The molecule has 0 fully saturated rings. The quantitative estimate of drug-likeness (QED) is 0.257. The summed E-state index contributed by atoms with van der Waals surface area (Å²) in [4.78, 5) is 8.36. The molecular weight excluding hydrogens is 439 g/mol.